The molecule has 1 rings (SSSR count). The highest BCUT2D eigenvalue weighted by Crippen LogP contribution is 2.43. The third kappa shape index (κ3) is 2.48. The Morgan fingerprint density at radius 3 is 2.50 bits per heavy atom. The van der Waals surface area contributed by atoms with Gasteiger partial charge in [0.25, 0.3) is 0 Å². The lowest BCUT2D eigenvalue weighted by molar-refractivity contribution is -0.137. The summed E-state index contributed by atoms with van der Waals surface area (Å²) in [5.41, 5.74) is 0.236. The molecular formula is C11H16O5. The van der Waals surface area contributed by atoms with Crippen molar-refractivity contribution in [1.82, 2.24) is 0 Å². The zero-order valence-corrected chi connectivity index (χ0v) is 9.74. The molecule has 0 bridgehead atoms. The molecule has 0 aromatic heterocycles. The van der Waals surface area contributed by atoms with E-state index in [2.05, 4.69) is 11.3 Å². The molecule has 0 N–H and O–H groups in total. The van der Waals surface area contributed by atoms with Crippen LogP contribution < -0.4 is 0 Å². The van der Waals surface area contributed by atoms with Crippen molar-refractivity contribution < 1.29 is 23.8 Å². The van der Waals surface area contributed by atoms with E-state index in [4.69, 9.17) is 9.47 Å². The molecule has 90 valence electrons. The molecule has 0 radical (unpaired) electrons. The lowest BCUT2D eigenvalue weighted by Crippen LogP contribution is -2.25. The van der Waals surface area contributed by atoms with Crippen LogP contribution in [0.15, 0.2) is 12.2 Å². The molecule has 2 unspecified atom stereocenters. The standard InChI is InChI=1S/C11H16O5/c1-5-15-11(9(16-11)8(3)12)6-7(2)10(13)14-4/h9H,2,5-6H2,1,3-4H3. The number of ketones is 1. The van der Waals surface area contributed by atoms with Gasteiger partial charge in [-0.15, -0.1) is 0 Å². The Kier molecular flexibility index (Phi) is 3.83. The first kappa shape index (κ1) is 12.9. The number of carbonyl (C=O) groups is 2. The van der Waals surface area contributed by atoms with Gasteiger partial charge in [0.2, 0.25) is 5.79 Å². The molecule has 16 heavy (non-hydrogen) atoms. The highest BCUT2D eigenvalue weighted by atomic mass is 16.8. The van der Waals surface area contributed by atoms with Crippen LogP contribution in [0.25, 0.3) is 0 Å². The zero-order valence-electron chi connectivity index (χ0n) is 9.74. The van der Waals surface area contributed by atoms with Crippen molar-refractivity contribution in [1.29, 1.82) is 0 Å². The van der Waals surface area contributed by atoms with Crippen molar-refractivity contribution in [2.24, 2.45) is 0 Å². The molecule has 1 aliphatic heterocycles. The first-order chi connectivity index (χ1) is 7.46. The Morgan fingerprint density at radius 1 is 1.50 bits per heavy atom. The van der Waals surface area contributed by atoms with Crippen LogP contribution in [0.5, 0.6) is 0 Å². The van der Waals surface area contributed by atoms with Crippen LogP contribution in [0.2, 0.25) is 0 Å². The number of rotatable bonds is 6. The summed E-state index contributed by atoms with van der Waals surface area (Å²) in [4.78, 5) is 22.3. The Hall–Kier alpha value is -1.20. The molecule has 0 aromatic carbocycles. The molecule has 0 aliphatic carbocycles. The van der Waals surface area contributed by atoms with Crippen LogP contribution in [0.3, 0.4) is 0 Å². The number of epoxide rings is 1. The molecule has 0 aromatic rings. The zero-order chi connectivity index (χ0) is 12.3. The maximum absolute atomic E-state index is 11.2. The molecule has 1 heterocycles. The summed E-state index contributed by atoms with van der Waals surface area (Å²) in [5.74, 6) is -1.64. The van der Waals surface area contributed by atoms with Gasteiger partial charge in [0.1, 0.15) is 0 Å². The van der Waals surface area contributed by atoms with E-state index < -0.39 is 17.9 Å². The van der Waals surface area contributed by atoms with Crippen molar-refractivity contribution in [3.63, 3.8) is 0 Å². The minimum Gasteiger partial charge on any atom is -0.466 e. The van der Waals surface area contributed by atoms with E-state index in [1.54, 1.807) is 6.92 Å². The Bertz CT molecular complexity index is 322. The minimum atomic E-state index is -1.01. The number of esters is 1. The highest BCUT2D eigenvalue weighted by molar-refractivity contribution is 5.89. The predicted molar refractivity (Wildman–Crippen MR) is 55.7 cm³/mol. The van der Waals surface area contributed by atoms with Crippen molar-refractivity contribution >= 4 is 11.8 Å². The molecule has 0 saturated carbocycles. The monoisotopic (exact) mass is 228 g/mol. The number of hydrogen-bond donors (Lipinski definition) is 0. The number of ether oxygens (including phenoxy) is 3. The van der Waals surface area contributed by atoms with Crippen LogP contribution in [0.4, 0.5) is 0 Å². The summed E-state index contributed by atoms with van der Waals surface area (Å²) in [6, 6.07) is 0. The molecule has 1 saturated heterocycles. The van der Waals surface area contributed by atoms with Crippen LogP contribution in [0.1, 0.15) is 20.3 Å². The van der Waals surface area contributed by atoms with Gasteiger partial charge in [-0.2, -0.15) is 0 Å². The summed E-state index contributed by atoms with van der Waals surface area (Å²) in [5, 5.41) is 0. The van der Waals surface area contributed by atoms with Gasteiger partial charge < -0.3 is 14.2 Å². The fourth-order valence-electron chi connectivity index (χ4n) is 1.61. The van der Waals surface area contributed by atoms with E-state index in [9.17, 15) is 9.59 Å². The van der Waals surface area contributed by atoms with E-state index in [1.807, 2.05) is 0 Å². The maximum atomic E-state index is 11.2. The van der Waals surface area contributed by atoms with Crippen LogP contribution >= 0.6 is 0 Å². The Balaban J connectivity index is 2.65. The summed E-state index contributed by atoms with van der Waals surface area (Å²) in [7, 11) is 1.27. The lowest BCUT2D eigenvalue weighted by Gasteiger charge is -2.13. The number of methoxy groups -OCH3 is 1. The molecule has 5 heteroatoms. The van der Waals surface area contributed by atoms with Crippen molar-refractivity contribution in [2.45, 2.75) is 32.2 Å². The van der Waals surface area contributed by atoms with Gasteiger partial charge in [-0.1, -0.05) is 6.58 Å². The third-order valence-corrected chi connectivity index (χ3v) is 2.35. The van der Waals surface area contributed by atoms with Gasteiger partial charge in [-0.05, 0) is 13.8 Å². The van der Waals surface area contributed by atoms with Gasteiger partial charge in [-0.25, -0.2) is 4.79 Å². The summed E-state index contributed by atoms with van der Waals surface area (Å²) in [6.07, 6.45) is -0.452. The average molecular weight is 228 g/mol. The Labute approximate surface area is 94.4 Å². The van der Waals surface area contributed by atoms with Crippen molar-refractivity contribution in [3.8, 4) is 0 Å². The maximum Gasteiger partial charge on any atom is 0.333 e. The summed E-state index contributed by atoms with van der Waals surface area (Å²) < 4.78 is 15.1. The predicted octanol–water partition coefficient (Wildman–Crippen LogP) is 0.826. The van der Waals surface area contributed by atoms with Gasteiger partial charge in [0, 0.05) is 18.6 Å². The molecule has 2 atom stereocenters. The van der Waals surface area contributed by atoms with Gasteiger partial charge in [0.15, 0.2) is 11.9 Å². The molecule has 1 fully saturated rings. The van der Waals surface area contributed by atoms with Gasteiger partial charge in [-0.3, -0.25) is 4.79 Å². The molecular weight excluding hydrogens is 212 g/mol. The second-order valence-corrected chi connectivity index (χ2v) is 3.63. The second-order valence-electron chi connectivity index (χ2n) is 3.63. The van der Waals surface area contributed by atoms with Gasteiger partial charge in [0.05, 0.1) is 7.11 Å². The van der Waals surface area contributed by atoms with Gasteiger partial charge >= 0.3 is 5.97 Å². The fraction of sp³-hybridized carbons (Fsp3) is 0.636. The Morgan fingerprint density at radius 2 is 2.12 bits per heavy atom. The third-order valence-electron chi connectivity index (χ3n) is 2.35. The normalized spacial score (nSPS) is 27.3. The quantitative estimate of drug-likeness (QED) is 0.382. The summed E-state index contributed by atoms with van der Waals surface area (Å²) in [6.45, 7) is 7.20. The molecule has 0 amide bonds. The topological polar surface area (TPSA) is 65.1 Å². The van der Waals surface area contributed by atoms with E-state index in [1.165, 1.54) is 14.0 Å². The second kappa shape index (κ2) is 4.76. The first-order valence-electron chi connectivity index (χ1n) is 5.05. The van der Waals surface area contributed by atoms with Crippen LogP contribution in [-0.4, -0.2) is 37.4 Å². The minimum absolute atomic E-state index is 0.119. The smallest absolute Gasteiger partial charge is 0.333 e. The van der Waals surface area contributed by atoms with E-state index in [-0.39, 0.29) is 17.8 Å². The molecule has 0 spiro atoms. The average Bonchev–Trinajstić information content (AvgIpc) is 2.92. The summed E-state index contributed by atoms with van der Waals surface area (Å²) >= 11 is 0. The largest absolute Gasteiger partial charge is 0.466 e. The molecule has 1 aliphatic rings. The number of hydrogen-bond acceptors (Lipinski definition) is 5. The van der Waals surface area contributed by atoms with Crippen molar-refractivity contribution in [3.05, 3.63) is 12.2 Å². The fourth-order valence-corrected chi connectivity index (χ4v) is 1.61. The highest BCUT2D eigenvalue weighted by Gasteiger charge is 2.61. The van der Waals surface area contributed by atoms with E-state index in [0.29, 0.717) is 6.61 Å². The molecule has 5 nitrogen and oxygen atoms in total. The first-order valence-corrected chi connectivity index (χ1v) is 5.05. The van der Waals surface area contributed by atoms with E-state index >= 15 is 0 Å². The van der Waals surface area contributed by atoms with Crippen LogP contribution in [-0.2, 0) is 23.8 Å². The number of Topliss-reactive ketones (excluding diaryl/α,β-unsaturated/α-hetero) is 1. The van der Waals surface area contributed by atoms with E-state index in [0.717, 1.165) is 0 Å². The van der Waals surface area contributed by atoms with Crippen LogP contribution in [0, 0.1) is 0 Å². The van der Waals surface area contributed by atoms with Crippen molar-refractivity contribution in [2.75, 3.05) is 13.7 Å². The lowest BCUT2D eigenvalue weighted by atomic mass is 10.1. The SMILES string of the molecule is C=C(CC1(OCC)OC1C(C)=O)C(=O)OC. The number of carbonyl (C=O) groups excluding carboxylic acids is 2.